The van der Waals surface area contributed by atoms with E-state index < -0.39 is 0 Å². The topological polar surface area (TPSA) is 70.5 Å². The molecular weight excluding hydrogens is 324 g/mol. The Hall–Kier alpha value is -1.72. The van der Waals surface area contributed by atoms with Gasteiger partial charge in [0, 0.05) is 25.3 Å². The summed E-state index contributed by atoms with van der Waals surface area (Å²) < 4.78 is 11.3. The van der Waals surface area contributed by atoms with Crippen LogP contribution in [0, 0.1) is 0 Å². The molecule has 2 aliphatic heterocycles. The lowest BCUT2D eigenvalue weighted by Crippen LogP contribution is -2.30. The minimum absolute atomic E-state index is 0.213. The molecular formula is C22H30N2O2. The van der Waals surface area contributed by atoms with E-state index in [4.69, 9.17) is 20.9 Å². The van der Waals surface area contributed by atoms with Crippen LogP contribution in [-0.4, -0.2) is 25.3 Å². The number of nitrogens with two attached hydrogens (primary N) is 2. The molecule has 0 bridgehead atoms. The summed E-state index contributed by atoms with van der Waals surface area (Å²) in [6.07, 6.45) is 4.30. The normalized spacial score (nSPS) is 28.7. The van der Waals surface area contributed by atoms with Gasteiger partial charge in [0.25, 0.3) is 0 Å². The van der Waals surface area contributed by atoms with Crippen LogP contribution in [0.25, 0.3) is 0 Å². The number of benzene rings is 2. The van der Waals surface area contributed by atoms with Crippen molar-refractivity contribution in [1.29, 1.82) is 0 Å². The third-order valence-corrected chi connectivity index (χ3v) is 4.99. The molecule has 2 fully saturated rings. The van der Waals surface area contributed by atoms with Crippen LogP contribution in [0.1, 0.15) is 49.0 Å². The van der Waals surface area contributed by atoms with Gasteiger partial charge in [0.2, 0.25) is 0 Å². The highest BCUT2D eigenvalue weighted by molar-refractivity contribution is 5.19. The average molecular weight is 354 g/mol. The monoisotopic (exact) mass is 354 g/mol. The third kappa shape index (κ3) is 5.64. The molecule has 2 aromatic carbocycles. The largest absolute Gasteiger partial charge is 0.373 e. The molecule has 4 heteroatoms. The van der Waals surface area contributed by atoms with Gasteiger partial charge in [-0.3, -0.25) is 0 Å². The van der Waals surface area contributed by atoms with Gasteiger partial charge in [0.1, 0.15) is 0 Å². The smallest absolute Gasteiger partial charge is 0.0839 e. The molecule has 140 valence electrons. The third-order valence-electron chi connectivity index (χ3n) is 4.99. The minimum atomic E-state index is 0.213. The summed E-state index contributed by atoms with van der Waals surface area (Å²) in [5.41, 5.74) is 14.3. The fraction of sp³-hybridized carbons (Fsp3) is 0.455. The van der Waals surface area contributed by atoms with Crippen LogP contribution in [0.3, 0.4) is 0 Å². The molecule has 0 radical (unpaired) electrons. The molecule has 26 heavy (non-hydrogen) atoms. The summed E-state index contributed by atoms with van der Waals surface area (Å²) in [7, 11) is 0. The minimum Gasteiger partial charge on any atom is -0.373 e. The lowest BCUT2D eigenvalue weighted by atomic mass is 9.98. The van der Waals surface area contributed by atoms with Crippen molar-refractivity contribution in [3.8, 4) is 0 Å². The second-order valence-electron chi connectivity index (χ2n) is 7.11. The molecule has 4 nitrogen and oxygen atoms in total. The van der Waals surface area contributed by atoms with Crippen LogP contribution in [0.4, 0.5) is 0 Å². The van der Waals surface area contributed by atoms with Crippen molar-refractivity contribution in [2.75, 3.05) is 13.2 Å². The Morgan fingerprint density at radius 2 is 1.00 bits per heavy atom. The van der Waals surface area contributed by atoms with Crippen LogP contribution in [0.5, 0.6) is 0 Å². The highest BCUT2D eigenvalue weighted by atomic mass is 16.5. The fourth-order valence-electron chi connectivity index (χ4n) is 3.45. The van der Waals surface area contributed by atoms with E-state index >= 15 is 0 Å². The molecule has 2 heterocycles. The maximum atomic E-state index is 5.88. The number of ether oxygens (including phenoxy) is 2. The van der Waals surface area contributed by atoms with E-state index in [1.54, 1.807) is 0 Å². The van der Waals surface area contributed by atoms with Gasteiger partial charge in [-0.1, -0.05) is 60.7 Å². The van der Waals surface area contributed by atoms with Crippen molar-refractivity contribution >= 4 is 0 Å². The number of rotatable bonds is 2. The zero-order valence-corrected chi connectivity index (χ0v) is 15.3. The predicted molar refractivity (Wildman–Crippen MR) is 105 cm³/mol. The number of hydrogen-bond donors (Lipinski definition) is 2. The van der Waals surface area contributed by atoms with Crippen LogP contribution in [-0.2, 0) is 9.47 Å². The zero-order chi connectivity index (χ0) is 18.2. The van der Waals surface area contributed by atoms with Crippen molar-refractivity contribution in [3.63, 3.8) is 0 Å². The summed E-state index contributed by atoms with van der Waals surface area (Å²) in [4.78, 5) is 0. The standard InChI is InChI=1S/2C11H15NO/c2*12-10-6-7-13-11(8-10)9-4-2-1-3-5-9/h2*1-5,10-11H,6-8,12H2/t2*10-,11-/m10/s1. The first kappa shape index (κ1) is 19.1. The molecule has 2 aromatic rings. The van der Waals surface area contributed by atoms with Gasteiger partial charge in [-0.15, -0.1) is 0 Å². The first-order valence-corrected chi connectivity index (χ1v) is 9.56. The number of hydrogen-bond acceptors (Lipinski definition) is 4. The Labute approximate surface area is 156 Å². The van der Waals surface area contributed by atoms with Gasteiger partial charge in [-0.2, -0.15) is 0 Å². The SMILES string of the molecule is N[C@@H]1CCO[C@@H](c2ccccc2)C1.N[C@H]1CCO[C@H](c2ccccc2)C1. The Balaban J connectivity index is 0.000000151. The molecule has 2 aliphatic rings. The first-order valence-electron chi connectivity index (χ1n) is 9.56. The lowest BCUT2D eigenvalue weighted by molar-refractivity contribution is 0.00653. The molecule has 0 saturated carbocycles. The van der Waals surface area contributed by atoms with Crippen molar-refractivity contribution in [1.82, 2.24) is 0 Å². The molecule has 4 N–H and O–H groups in total. The second-order valence-corrected chi connectivity index (χ2v) is 7.11. The van der Waals surface area contributed by atoms with E-state index in [1.807, 2.05) is 36.4 Å². The van der Waals surface area contributed by atoms with Crippen LogP contribution >= 0.6 is 0 Å². The highest BCUT2D eigenvalue weighted by Gasteiger charge is 2.21. The zero-order valence-electron chi connectivity index (χ0n) is 15.3. The van der Waals surface area contributed by atoms with Gasteiger partial charge in [-0.05, 0) is 36.8 Å². The van der Waals surface area contributed by atoms with Crippen molar-refractivity contribution < 1.29 is 9.47 Å². The quantitative estimate of drug-likeness (QED) is 0.862. The van der Waals surface area contributed by atoms with Crippen LogP contribution < -0.4 is 11.5 Å². The van der Waals surface area contributed by atoms with Gasteiger partial charge in [0.05, 0.1) is 12.2 Å². The van der Waals surface area contributed by atoms with E-state index in [1.165, 1.54) is 11.1 Å². The Kier molecular flexibility index (Phi) is 7.21. The molecule has 0 aliphatic carbocycles. The molecule has 0 unspecified atom stereocenters. The van der Waals surface area contributed by atoms with E-state index in [0.29, 0.717) is 12.1 Å². The fourth-order valence-corrected chi connectivity index (χ4v) is 3.45. The summed E-state index contributed by atoms with van der Waals surface area (Å²) in [6.45, 7) is 1.58. The molecule has 0 aromatic heterocycles. The summed E-state index contributed by atoms with van der Waals surface area (Å²) in [6, 6.07) is 21.2. The molecule has 0 amide bonds. The highest BCUT2D eigenvalue weighted by Crippen LogP contribution is 2.27. The first-order chi connectivity index (χ1) is 12.7. The molecule has 4 atom stereocenters. The maximum absolute atomic E-state index is 5.88. The van der Waals surface area contributed by atoms with Crippen molar-refractivity contribution in [2.24, 2.45) is 11.5 Å². The van der Waals surface area contributed by atoms with Gasteiger partial charge < -0.3 is 20.9 Å². The van der Waals surface area contributed by atoms with Gasteiger partial charge >= 0.3 is 0 Å². The summed E-state index contributed by atoms with van der Waals surface area (Å²) in [5.74, 6) is 0. The molecule has 4 rings (SSSR count). The van der Waals surface area contributed by atoms with E-state index in [9.17, 15) is 0 Å². The predicted octanol–water partition coefficient (Wildman–Crippen LogP) is 3.73. The Bertz CT molecular complexity index is 578. The summed E-state index contributed by atoms with van der Waals surface area (Å²) >= 11 is 0. The second kappa shape index (κ2) is 9.83. The average Bonchev–Trinajstić information content (AvgIpc) is 2.70. The van der Waals surface area contributed by atoms with E-state index in [-0.39, 0.29) is 12.2 Å². The lowest BCUT2D eigenvalue weighted by Gasteiger charge is -2.27. The van der Waals surface area contributed by atoms with Crippen molar-refractivity contribution in [2.45, 2.75) is 50.0 Å². The molecule has 0 spiro atoms. The maximum Gasteiger partial charge on any atom is 0.0839 e. The Morgan fingerprint density at radius 3 is 1.35 bits per heavy atom. The Morgan fingerprint density at radius 1 is 0.615 bits per heavy atom. The van der Waals surface area contributed by atoms with Crippen LogP contribution in [0.15, 0.2) is 60.7 Å². The van der Waals surface area contributed by atoms with Gasteiger partial charge in [-0.25, -0.2) is 0 Å². The van der Waals surface area contributed by atoms with Gasteiger partial charge in [0.15, 0.2) is 0 Å². The van der Waals surface area contributed by atoms with E-state index in [2.05, 4.69) is 24.3 Å². The molecule has 2 saturated heterocycles. The van der Waals surface area contributed by atoms with E-state index in [0.717, 1.165) is 38.9 Å². The van der Waals surface area contributed by atoms with Crippen LogP contribution in [0.2, 0.25) is 0 Å². The van der Waals surface area contributed by atoms with Crippen molar-refractivity contribution in [3.05, 3.63) is 71.8 Å². The summed E-state index contributed by atoms with van der Waals surface area (Å²) in [5, 5.41) is 0.